The molecule has 0 aliphatic carbocycles. The lowest BCUT2D eigenvalue weighted by Crippen LogP contribution is -2.16. The third-order valence-electron chi connectivity index (χ3n) is 2.60. The lowest BCUT2D eigenvalue weighted by atomic mass is 10.1. The van der Waals surface area contributed by atoms with Crippen molar-refractivity contribution in [2.75, 3.05) is 0 Å². The largest absolute Gasteiger partial charge is 0.364 e. The van der Waals surface area contributed by atoms with Gasteiger partial charge in [0.15, 0.2) is 5.69 Å². The summed E-state index contributed by atoms with van der Waals surface area (Å²) in [6, 6.07) is 9.60. The van der Waals surface area contributed by atoms with E-state index >= 15 is 0 Å². The minimum atomic E-state index is -0.534. The van der Waals surface area contributed by atoms with Gasteiger partial charge in [-0.1, -0.05) is 37.3 Å². The molecule has 2 rings (SSSR count). The van der Waals surface area contributed by atoms with Crippen LogP contribution in [0.15, 0.2) is 30.3 Å². The highest BCUT2D eigenvalue weighted by Gasteiger charge is 2.18. The van der Waals surface area contributed by atoms with E-state index in [1.165, 1.54) is 0 Å². The summed E-state index contributed by atoms with van der Waals surface area (Å²) in [6.45, 7) is 4.15. The van der Waals surface area contributed by atoms with Crippen molar-refractivity contribution in [3.63, 3.8) is 0 Å². The van der Waals surface area contributed by atoms with Gasteiger partial charge in [-0.2, -0.15) is 0 Å². The molecule has 0 fully saturated rings. The molecular formula is C13H16N4O. The van der Waals surface area contributed by atoms with Crippen LogP contribution in [0.1, 0.15) is 30.0 Å². The van der Waals surface area contributed by atoms with E-state index in [9.17, 15) is 4.79 Å². The fourth-order valence-electron chi connectivity index (χ4n) is 1.84. The molecule has 2 aromatic rings. The van der Waals surface area contributed by atoms with Crippen molar-refractivity contribution >= 4 is 5.91 Å². The summed E-state index contributed by atoms with van der Waals surface area (Å²) >= 11 is 0. The van der Waals surface area contributed by atoms with Crippen LogP contribution < -0.4 is 5.73 Å². The minimum absolute atomic E-state index is 0.257. The smallest absolute Gasteiger partial charge is 0.271 e. The third-order valence-corrected chi connectivity index (χ3v) is 2.60. The number of carbonyl (C=O) groups is 1. The monoisotopic (exact) mass is 244 g/mol. The molecule has 0 saturated heterocycles. The Bertz CT molecular complexity index is 545. The van der Waals surface area contributed by atoms with Gasteiger partial charge in [0.05, 0.1) is 11.4 Å². The van der Waals surface area contributed by atoms with E-state index in [2.05, 4.69) is 24.2 Å². The topological polar surface area (TPSA) is 73.8 Å². The molecule has 0 spiro atoms. The Morgan fingerprint density at radius 2 is 2.00 bits per heavy atom. The summed E-state index contributed by atoms with van der Waals surface area (Å²) < 4.78 is 1.68. The molecule has 18 heavy (non-hydrogen) atoms. The first-order valence-corrected chi connectivity index (χ1v) is 5.89. The molecule has 94 valence electrons. The van der Waals surface area contributed by atoms with Crippen LogP contribution in [-0.2, 0) is 6.42 Å². The fraction of sp³-hybridized carbons (Fsp3) is 0.308. The molecule has 0 bridgehead atoms. The number of benzene rings is 1. The Morgan fingerprint density at radius 1 is 1.33 bits per heavy atom. The molecule has 1 aromatic heterocycles. The van der Waals surface area contributed by atoms with E-state index in [4.69, 9.17) is 5.73 Å². The van der Waals surface area contributed by atoms with Gasteiger partial charge in [-0.3, -0.25) is 4.79 Å². The highest BCUT2D eigenvalue weighted by molar-refractivity contribution is 5.91. The molecule has 0 saturated carbocycles. The molecule has 0 unspecified atom stereocenters. The first-order valence-electron chi connectivity index (χ1n) is 5.89. The number of para-hydroxylation sites is 1. The van der Waals surface area contributed by atoms with E-state index in [1.54, 1.807) is 4.68 Å². The number of carbonyl (C=O) groups excluding carboxylic acids is 1. The molecule has 0 aliphatic heterocycles. The normalized spacial score (nSPS) is 10.8. The molecule has 1 aromatic carbocycles. The maximum absolute atomic E-state index is 11.4. The van der Waals surface area contributed by atoms with Gasteiger partial charge < -0.3 is 5.73 Å². The standard InChI is InChI=1S/C13H16N4O/c1-9(2)8-11-12(13(14)18)15-16-17(11)10-6-4-3-5-7-10/h3-7,9H,8H2,1-2H3,(H2,14,18). The second-order valence-electron chi connectivity index (χ2n) is 4.59. The van der Waals surface area contributed by atoms with Gasteiger partial charge in [-0.05, 0) is 24.5 Å². The van der Waals surface area contributed by atoms with Crippen LogP contribution in [0.2, 0.25) is 0 Å². The number of nitrogens with zero attached hydrogens (tertiary/aromatic N) is 3. The quantitative estimate of drug-likeness (QED) is 0.887. The Labute approximate surface area is 106 Å². The molecule has 1 amide bonds. The van der Waals surface area contributed by atoms with Crippen LogP contribution in [-0.4, -0.2) is 20.9 Å². The number of amides is 1. The van der Waals surface area contributed by atoms with Gasteiger partial charge in [-0.25, -0.2) is 4.68 Å². The van der Waals surface area contributed by atoms with E-state index in [-0.39, 0.29) is 5.69 Å². The summed E-state index contributed by atoms with van der Waals surface area (Å²) in [6.07, 6.45) is 0.708. The van der Waals surface area contributed by atoms with Crippen LogP contribution >= 0.6 is 0 Å². The lowest BCUT2D eigenvalue weighted by Gasteiger charge is -2.09. The number of primary amides is 1. The van der Waals surface area contributed by atoms with Crippen LogP contribution in [0.25, 0.3) is 5.69 Å². The van der Waals surface area contributed by atoms with Gasteiger partial charge in [0, 0.05) is 0 Å². The Balaban J connectivity index is 2.51. The predicted octanol–water partition coefficient (Wildman–Crippen LogP) is 1.56. The Hall–Kier alpha value is -2.17. The number of hydrogen-bond acceptors (Lipinski definition) is 3. The van der Waals surface area contributed by atoms with Crippen LogP contribution in [0.5, 0.6) is 0 Å². The maximum Gasteiger partial charge on any atom is 0.271 e. The van der Waals surface area contributed by atoms with E-state index in [1.807, 2.05) is 30.3 Å². The Morgan fingerprint density at radius 3 is 2.56 bits per heavy atom. The van der Waals surface area contributed by atoms with Crippen LogP contribution in [0.3, 0.4) is 0 Å². The summed E-state index contributed by atoms with van der Waals surface area (Å²) in [4.78, 5) is 11.4. The maximum atomic E-state index is 11.4. The molecule has 0 radical (unpaired) electrons. The summed E-state index contributed by atoms with van der Waals surface area (Å²) in [5, 5.41) is 7.91. The van der Waals surface area contributed by atoms with Crippen molar-refractivity contribution in [2.45, 2.75) is 20.3 Å². The van der Waals surface area contributed by atoms with E-state index in [0.29, 0.717) is 12.3 Å². The number of aromatic nitrogens is 3. The Kier molecular flexibility index (Phi) is 3.41. The van der Waals surface area contributed by atoms with Gasteiger partial charge in [0.2, 0.25) is 0 Å². The number of rotatable bonds is 4. The first-order chi connectivity index (χ1) is 8.59. The molecule has 0 aliphatic rings. The molecule has 5 heteroatoms. The van der Waals surface area contributed by atoms with E-state index < -0.39 is 5.91 Å². The average molecular weight is 244 g/mol. The fourth-order valence-corrected chi connectivity index (χ4v) is 1.84. The third kappa shape index (κ3) is 2.40. The number of nitrogens with two attached hydrogens (primary N) is 1. The van der Waals surface area contributed by atoms with Crippen LogP contribution in [0, 0.1) is 5.92 Å². The second kappa shape index (κ2) is 5.00. The zero-order chi connectivity index (χ0) is 13.1. The molecule has 2 N–H and O–H groups in total. The molecule has 5 nitrogen and oxygen atoms in total. The summed E-state index contributed by atoms with van der Waals surface area (Å²) in [5.74, 6) is -0.142. The number of hydrogen-bond donors (Lipinski definition) is 1. The van der Waals surface area contributed by atoms with Crippen molar-refractivity contribution in [3.05, 3.63) is 41.7 Å². The van der Waals surface area contributed by atoms with Crippen molar-refractivity contribution in [1.29, 1.82) is 0 Å². The van der Waals surface area contributed by atoms with Gasteiger partial charge >= 0.3 is 0 Å². The van der Waals surface area contributed by atoms with Crippen molar-refractivity contribution in [3.8, 4) is 5.69 Å². The lowest BCUT2D eigenvalue weighted by molar-refractivity contribution is 0.0994. The zero-order valence-electron chi connectivity index (χ0n) is 10.5. The SMILES string of the molecule is CC(C)Cc1c(C(N)=O)nnn1-c1ccccc1. The molecule has 0 atom stereocenters. The summed E-state index contributed by atoms with van der Waals surface area (Å²) in [7, 11) is 0. The van der Waals surface area contributed by atoms with Gasteiger partial charge in [0.1, 0.15) is 0 Å². The molecular weight excluding hydrogens is 228 g/mol. The van der Waals surface area contributed by atoms with Crippen molar-refractivity contribution in [2.24, 2.45) is 11.7 Å². The van der Waals surface area contributed by atoms with Gasteiger partial charge in [-0.15, -0.1) is 5.10 Å². The molecule has 1 heterocycles. The predicted molar refractivity (Wildman–Crippen MR) is 68.4 cm³/mol. The minimum Gasteiger partial charge on any atom is -0.364 e. The van der Waals surface area contributed by atoms with Gasteiger partial charge in [0.25, 0.3) is 5.91 Å². The average Bonchev–Trinajstić information content (AvgIpc) is 2.73. The van der Waals surface area contributed by atoms with E-state index in [0.717, 1.165) is 11.4 Å². The highest BCUT2D eigenvalue weighted by atomic mass is 16.1. The van der Waals surface area contributed by atoms with Crippen LogP contribution in [0.4, 0.5) is 0 Å². The summed E-state index contributed by atoms with van der Waals surface area (Å²) in [5.41, 5.74) is 7.23. The first kappa shape index (κ1) is 12.3. The second-order valence-corrected chi connectivity index (χ2v) is 4.59. The highest BCUT2D eigenvalue weighted by Crippen LogP contribution is 2.16. The van der Waals surface area contributed by atoms with Crippen molar-refractivity contribution in [1.82, 2.24) is 15.0 Å². The zero-order valence-corrected chi connectivity index (χ0v) is 10.5. The van der Waals surface area contributed by atoms with Crippen molar-refractivity contribution < 1.29 is 4.79 Å².